The molecule has 1 aliphatic carbocycles. The second kappa shape index (κ2) is 9.21. The zero-order valence-corrected chi connectivity index (χ0v) is 18.0. The molecule has 0 spiro atoms. The molecule has 0 unspecified atom stereocenters. The molecule has 3 N–H and O–H groups in total. The van der Waals surface area contributed by atoms with Crippen LogP contribution in [0.4, 0.5) is 23.2 Å². The number of halogens is 4. The van der Waals surface area contributed by atoms with Crippen molar-refractivity contribution in [2.45, 2.75) is 32.0 Å². The molecule has 0 atom stereocenters. The molecule has 1 aliphatic rings. The van der Waals surface area contributed by atoms with Crippen LogP contribution in [0.2, 0.25) is 0 Å². The molecule has 8 heteroatoms. The molecular weight excluding hydrogens is 450 g/mol. The number of carbonyl (C=O) groups is 1. The standard InChI is InChI=1S/C26H21F4NO3/c27-19-7-4-15(5-8-19)14-34-24-9-6-18(26(28,29)30)13-23(24)22-3-1-2-21(22)16-10-17(25(32)33)12-20(31)11-16/h4-13H,1-3,14,31H2,(H,32,33). The Morgan fingerprint density at radius 3 is 2.35 bits per heavy atom. The zero-order valence-electron chi connectivity index (χ0n) is 18.0. The fourth-order valence-electron chi connectivity index (χ4n) is 4.12. The summed E-state index contributed by atoms with van der Waals surface area (Å²) < 4.78 is 59.6. The summed E-state index contributed by atoms with van der Waals surface area (Å²) >= 11 is 0. The molecule has 3 aromatic rings. The molecule has 0 radical (unpaired) electrons. The van der Waals surface area contributed by atoms with Crippen molar-refractivity contribution in [2.75, 3.05) is 5.73 Å². The Kier molecular flexibility index (Phi) is 6.32. The van der Waals surface area contributed by atoms with Crippen molar-refractivity contribution in [1.29, 1.82) is 0 Å². The van der Waals surface area contributed by atoms with E-state index in [4.69, 9.17) is 10.5 Å². The summed E-state index contributed by atoms with van der Waals surface area (Å²) in [6, 6.07) is 13.4. The molecule has 0 aromatic heterocycles. The molecule has 0 bridgehead atoms. The lowest BCUT2D eigenvalue weighted by Crippen LogP contribution is -2.07. The zero-order chi connectivity index (χ0) is 24.5. The highest BCUT2D eigenvalue weighted by molar-refractivity contribution is 5.97. The van der Waals surface area contributed by atoms with Gasteiger partial charge in [0.15, 0.2) is 0 Å². The van der Waals surface area contributed by atoms with E-state index in [-0.39, 0.29) is 23.6 Å². The molecule has 4 nitrogen and oxygen atoms in total. The number of nitrogen functional groups attached to an aromatic ring is 1. The number of rotatable bonds is 6. The van der Waals surface area contributed by atoms with Gasteiger partial charge in [-0.3, -0.25) is 0 Å². The highest BCUT2D eigenvalue weighted by Gasteiger charge is 2.32. The van der Waals surface area contributed by atoms with Gasteiger partial charge in [0.1, 0.15) is 18.2 Å². The second-order valence-corrected chi connectivity index (χ2v) is 8.08. The van der Waals surface area contributed by atoms with Gasteiger partial charge < -0.3 is 15.6 Å². The van der Waals surface area contributed by atoms with Crippen molar-refractivity contribution >= 4 is 22.8 Å². The molecule has 176 valence electrons. The van der Waals surface area contributed by atoms with Gasteiger partial charge in [-0.15, -0.1) is 0 Å². The van der Waals surface area contributed by atoms with Crippen molar-refractivity contribution in [3.63, 3.8) is 0 Å². The maximum Gasteiger partial charge on any atom is 0.416 e. The van der Waals surface area contributed by atoms with Gasteiger partial charge in [0.25, 0.3) is 0 Å². The van der Waals surface area contributed by atoms with Crippen molar-refractivity contribution in [2.24, 2.45) is 0 Å². The summed E-state index contributed by atoms with van der Waals surface area (Å²) in [5, 5.41) is 9.38. The Balaban J connectivity index is 1.80. The highest BCUT2D eigenvalue weighted by atomic mass is 19.4. The van der Waals surface area contributed by atoms with Gasteiger partial charge in [-0.25, -0.2) is 9.18 Å². The largest absolute Gasteiger partial charge is 0.488 e. The third kappa shape index (κ3) is 5.06. The first-order chi connectivity index (χ1) is 16.1. The number of allylic oxidation sites excluding steroid dienone is 2. The average molecular weight is 471 g/mol. The number of ether oxygens (including phenoxy) is 1. The van der Waals surface area contributed by atoms with Crippen molar-refractivity contribution < 1.29 is 32.2 Å². The normalized spacial score (nSPS) is 13.9. The van der Waals surface area contributed by atoms with Gasteiger partial charge in [0.2, 0.25) is 0 Å². The Labute approximate surface area is 193 Å². The number of carboxylic acids is 1. The third-order valence-corrected chi connectivity index (χ3v) is 5.71. The first-order valence-electron chi connectivity index (χ1n) is 10.6. The van der Waals surface area contributed by atoms with Crippen LogP contribution in [-0.2, 0) is 12.8 Å². The molecule has 0 amide bonds. The van der Waals surface area contributed by atoms with Gasteiger partial charge in [0.05, 0.1) is 11.1 Å². The Hall–Kier alpha value is -3.81. The lowest BCUT2D eigenvalue weighted by Gasteiger charge is -2.17. The summed E-state index contributed by atoms with van der Waals surface area (Å²) in [7, 11) is 0. The number of hydrogen-bond acceptors (Lipinski definition) is 3. The summed E-state index contributed by atoms with van der Waals surface area (Å²) in [5.74, 6) is -1.28. The molecule has 0 fully saturated rings. The van der Waals surface area contributed by atoms with E-state index in [1.807, 2.05) is 0 Å². The van der Waals surface area contributed by atoms with Crippen molar-refractivity contribution in [3.8, 4) is 5.75 Å². The van der Waals surface area contributed by atoms with Crippen LogP contribution in [0.3, 0.4) is 0 Å². The summed E-state index contributed by atoms with van der Waals surface area (Å²) in [6.45, 7) is 0.0444. The van der Waals surface area contributed by atoms with Gasteiger partial charge in [-0.2, -0.15) is 13.2 Å². The maximum absolute atomic E-state index is 13.5. The minimum absolute atomic E-state index is 0.00516. The van der Waals surface area contributed by atoms with Gasteiger partial charge >= 0.3 is 12.1 Å². The Morgan fingerprint density at radius 2 is 1.68 bits per heavy atom. The van der Waals surface area contributed by atoms with Crippen LogP contribution in [0.5, 0.6) is 5.75 Å². The van der Waals surface area contributed by atoms with E-state index in [1.54, 1.807) is 18.2 Å². The van der Waals surface area contributed by atoms with Crippen LogP contribution in [0, 0.1) is 5.82 Å². The van der Waals surface area contributed by atoms with Crippen molar-refractivity contribution in [1.82, 2.24) is 0 Å². The van der Waals surface area contributed by atoms with Crippen molar-refractivity contribution in [3.05, 3.63) is 94.3 Å². The number of carboxylic acid groups (broad SMARTS) is 1. The minimum atomic E-state index is -4.54. The molecule has 3 aromatic carbocycles. The Bertz CT molecular complexity index is 1260. The molecule has 0 saturated heterocycles. The van der Waals surface area contributed by atoms with E-state index in [0.29, 0.717) is 41.5 Å². The minimum Gasteiger partial charge on any atom is -0.488 e. The monoisotopic (exact) mass is 471 g/mol. The van der Waals surface area contributed by atoms with Gasteiger partial charge in [-0.05, 0) is 90.1 Å². The van der Waals surface area contributed by atoms with E-state index in [1.165, 1.54) is 30.3 Å². The average Bonchev–Trinajstić information content (AvgIpc) is 3.27. The maximum atomic E-state index is 13.5. The highest BCUT2D eigenvalue weighted by Crippen LogP contribution is 2.45. The molecule has 0 saturated carbocycles. The molecule has 0 aliphatic heterocycles. The van der Waals surface area contributed by atoms with Gasteiger partial charge in [0, 0.05) is 11.3 Å². The van der Waals surface area contributed by atoms with Gasteiger partial charge in [-0.1, -0.05) is 12.1 Å². The molecule has 34 heavy (non-hydrogen) atoms. The van der Waals surface area contributed by atoms with E-state index in [9.17, 15) is 27.5 Å². The number of benzene rings is 3. The van der Waals surface area contributed by atoms with Crippen LogP contribution in [0.1, 0.15) is 51.9 Å². The lowest BCUT2D eigenvalue weighted by molar-refractivity contribution is -0.137. The Morgan fingerprint density at radius 1 is 0.971 bits per heavy atom. The van der Waals surface area contributed by atoms with E-state index in [0.717, 1.165) is 17.7 Å². The number of nitrogens with two attached hydrogens (primary N) is 1. The van der Waals surface area contributed by atoms with E-state index in [2.05, 4.69) is 0 Å². The van der Waals surface area contributed by atoms with Crippen LogP contribution in [-0.4, -0.2) is 11.1 Å². The van der Waals surface area contributed by atoms with E-state index < -0.39 is 23.5 Å². The fraction of sp³-hybridized carbons (Fsp3) is 0.192. The fourth-order valence-corrected chi connectivity index (χ4v) is 4.12. The molecular formula is C26H21F4NO3. The number of aromatic carboxylic acids is 1. The quantitative estimate of drug-likeness (QED) is 0.306. The number of alkyl halides is 3. The summed E-state index contributed by atoms with van der Waals surface area (Å²) in [4.78, 5) is 11.5. The van der Waals surface area contributed by atoms with Crippen LogP contribution in [0.15, 0.2) is 60.7 Å². The van der Waals surface area contributed by atoms with Crippen LogP contribution in [0.25, 0.3) is 11.1 Å². The second-order valence-electron chi connectivity index (χ2n) is 8.08. The number of hydrogen-bond donors (Lipinski definition) is 2. The van der Waals surface area contributed by atoms with Crippen LogP contribution < -0.4 is 10.5 Å². The molecule has 4 rings (SSSR count). The molecule has 0 heterocycles. The lowest BCUT2D eigenvalue weighted by atomic mass is 9.94. The van der Waals surface area contributed by atoms with E-state index >= 15 is 0 Å². The first kappa shape index (κ1) is 23.4. The first-order valence-corrected chi connectivity index (χ1v) is 10.6. The predicted molar refractivity (Wildman–Crippen MR) is 121 cm³/mol. The summed E-state index contributed by atoms with van der Waals surface area (Å²) in [5.41, 5.74) is 8.26. The SMILES string of the molecule is Nc1cc(C(=O)O)cc(C2=C(c3cc(C(F)(F)F)ccc3OCc3ccc(F)cc3)CCC2)c1. The third-order valence-electron chi connectivity index (χ3n) is 5.71. The predicted octanol–water partition coefficient (Wildman–Crippen LogP) is 6.80. The van der Waals surface area contributed by atoms with Crippen LogP contribution >= 0.6 is 0 Å². The topological polar surface area (TPSA) is 72.6 Å². The smallest absolute Gasteiger partial charge is 0.416 e. The number of anilines is 1. The summed E-state index contributed by atoms with van der Waals surface area (Å²) in [6.07, 6.45) is -2.79.